The van der Waals surface area contributed by atoms with E-state index < -0.39 is 0 Å². The molecule has 3 aromatic rings. The summed E-state index contributed by atoms with van der Waals surface area (Å²) in [6.07, 6.45) is 3.32. The highest BCUT2D eigenvalue weighted by Gasteiger charge is 2.25. The first-order valence-electron chi connectivity index (χ1n) is 11.6. The summed E-state index contributed by atoms with van der Waals surface area (Å²) in [6.45, 7) is 6.95. The highest BCUT2D eigenvalue weighted by atomic mass is 16.5. The average molecular weight is 432 g/mol. The Morgan fingerprint density at radius 1 is 1.16 bits per heavy atom. The summed E-state index contributed by atoms with van der Waals surface area (Å²) >= 11 is 0. The van der Waals surface area contributed by atoms with Crippen LogP contribution in [0.25, 0.3) is 10.9 Å². The van der Waals surface area contributed by atoms with Crippen molar-refractivity contribution in [2.24, 2.45) is 5.92 Å². The third kappa shape index (κ3) is 5.65. The van der Waals surface area contributed by atoms with Gasteiger partial charge in [-0.05, 0) is 86.5 Å². The first-order chi connectivity index (χ1) is 15.6. The molecular weight excluding hydrogens is 398 g/mol. The molecule has 2 heterocycles. The van der Waals surface area contributed by atoms with Gasteiger partial charge in [-0.25, -0.2) is 0 Å². The smallest absolute Gasteiger partial charge is 0.217 e. The lowest BCUT2D eigenvalue weighted by atomic mass is 9.78. The second kappa shape index (κ2) is 10.6. The predicted octanol–water partition coefficient (Wildman–Crippen LogP) is 4.73. The van der Waals surface area contributed by atoms with E-state index >= 15 is 0 Å². The summed E-state index contributed by atoms with van der Waals surface area (Å²) in [5.41, 5.74) is 4.48. The zero-order valence-corrected chi connectivity index (χ0v) is 19.1. The number of nitrogens with one attached hydrogen (secondary N) is 2. The molecule has 0 aliphatic carbocycles. The highest BCUT2D eigenvalue weighted by molar-refractivity contribution is 5.85. The van der Waals surface area contributed by atoms with Crippen LogP contribution in [0.1, 0.15) is 48.9 Å². The number of benzene rings is 2. The summed E-state index contributed by atoms with van der Waals surface area (Å²) in [7, 11) is 0. The molecule has 1 atom stereocenters. The molecule has 4 rings (SSSR count). The molecule has 1 saturated heterocycles. The number of aryl methyl sites for hydroxylation is 1. The van der Waals surface area contributed by atoms with Crippen LogP contribution in [0.3, 0.4) is 0 Å². The molecular formula is C27H33N3O2. The van der Waals surface area contributed by atoms with Gasteiger partial charge in [-0.3, -0.25) is 9.78 Å². The number of carbonyl (C=O) groups is 1. The van der Waals surface area contributed by atoms with Crippen LogP contribution >= 0.6 is 0 Å². The van der Waals surface area contributed by atoms with Crippen LogP contribution < -0.4 is 15.4 Å². The molecule has 168 valence electrons. The molecule has 0 radical (unpaired) electrons. The highest BCUT2D eigenvalue weighted by Crippen LogP contribution is 2.35. The quantitative estimate of drug-likeness (QED) is 0.541. The predicted molar refractivity (Wildman–Crippen MR) is 129 cm³/mol. The Kier molecular flexibility index (Phi) is 7.38. The van der Waals surface area contributed by atoms with Gasteiger partial charge in [0, 0.05) is 24.5 Å². The van der Waals surface area contributed by atoms with Gasteiger partial charge < -0.3 is 15.4 Å². The van der Waals surface area contributed by atoms with Gasteiger partial charge in [0.25, 0.3) is 0 Å². The number of piperidine rings is 1. The molecule has 1 aliphatic rings. The number of carbonyl (C=O) groups excluding carboxylic acids is 1. The van der Waals surface area contributed by atoms with E-state index in [9.17, 15) is 4.79 Å². The third-order valence-corrected chi connectivity index (χ3v) is 6.39. The molecule has 0 saturated carbocycles. The number of aromatic nitrogens is 1. The minimum atomic E-state index is -0.00141. The van der Waals surface area contributed by atoms with Gasteiger partial charge in [-0.1, -0.05) is 30.3 Å². The number of hydrogen-bond donors (Lipinski definition) is 2. The number of ether oxygens (including phenoxy) is 1. The largest absolute Gasteiger partial charge is 0.493 e. The second-order valence-corrected chi connectivity index (χ2v) is 8.76. The van der Waals surface area contributed by atoms with Crippen LogP contribution in [0.4, 0.5) is 0 Å². The van der Waals surface area contributed by atoms with Crippen LogP contribution in [0.2, 0.25) is 0 Å². The molecule has 0 bridgehead atoms. The normalized spacial score (nSPS) is 15.4. The van der Waals surface area contributed by atoms with E-state index in [1.165, 1.54) is 18.4 Å². The fourth-order valence-corrected chi connectivity index (χ4v) is 4.73. The van der Waals surface area contributed by atoms with Crippen molar-refractivity contribution in [1.82, 2.24) is 15.6 Å². The molecule has 1 amide bonds. The maximum atomic E-state index is 11.3. The van der Waals surface area contributed by atoms with Crippen molar-refractivity contribution in [3.8, 4) is 5.75 Å². The summed E-state index contributed by atoms with van der Waals surface area (Å²) in [4.78, 5) is 16.0. The molecule has 2 N–H and O–H groups in total. The van der Waals surface area contributed by atoms with Crippen LogP contribution in [0.5, 0.6) is 5.75 Å². The minimum absolute atomic E-state index is 0.00141. The standard InChI is InChI=1S/C27H33N3O2/c1-19-9-10-25-26(30-19)7-4-8-27(25)32-16-13-24(22-11-14-28-15-12-22)23-6-3-5-21(17-23)18-29-20(2)31/h3-10,17,22,24,28H,11-16,18H2,1-2H3,(H,29,31). The molecule has 2 aromatic carbocycles. The molecule has 1 unspecified atom stereocenters. The molecule has 5 nitrogen and oxygen atoms in total. The number of nitrogens with zero attached hydrogens (tertiary/aromatic N) is 1. The fourth-order valence-electron chi connectivity index (χ4n) is 4.73. The molecule has 1 aliphatic heterocycles. The van der Waals surface area contributed by atoms with E-state index in [-0.39, 0.29) is 5.91 Å². The Bertz CT molecular complexity index is 1060. The van der Waals surface area contributed by atoms with E-state index in [0.29, 0.717) is 25.0 Å². The number of rotatable bonds is 8. The summed E-state index contributed by atoms with van der Waals surface area (Å²) in [5, 5.41) is 7.46. The van der Waals surface area contributed by atoms with Gasteiger partial charge in [-0.2, -0.15) is 0 Å². The molecule has 0 spiro atoms. The molecule has 1 fully saturated rings. The SMILES string of the molecule is CC(=O)NCc1cccc(C(CCOc2cccc3nc(C)ccc23)C2CCNCC2)c1. The second-order valence-electron chi connectivity index (χ2n) is 8.76. The lowest BCUT2D eigenvalue weighted by Crippen LogP contribution is -2.31. The van der Waals surface area contributed by atoms with Crippen LogP contribution in [0.15, 0.2) is 54.6 Å². The van der Waals surface area contributed by atoms with Crippen molar-refractivity contribution in [3.63, 3.8) is 0 Å². The zero-order chi connectivity index (χ0) is 22.3. The Hall–Kier alpha value is -2.92. The van der Waals surface area contributed by atoms with Gasteiger partial charge in [0.2, 0.25) is 5.91 Å². The topological polar surface area (TPSA) is 63.2 Å². The Balaban J connectivity index is 1.49. The molecule has 32 heavy (non-hydrogen) atoms. The van der Waals surface area contributed by atoms with Gasteiger partial charge in [-0.15, -0.1) is 0 Å². The van der Waals surface area contributed by atoms with Gasteiger partial charge in [0.1, 0.15) is 5.75 Å². The van der Waals surface area contributed by atoms with E-state index in [1.54, 1.807) is 6.92 Å². The minimum Gasteiger partial charge on any atom is -0.493 e. The van der Waals surface area contributed by atoms with Crippen molar-refractivity contribution in [2.45, 2.75) is 45.6 Å². The van der Waals surface area contributed by atoms with Crippen molar-refractivity contribution < 1.29 is 9.53 Å². The van der Waals surface area contributed by atoms with Crippen molar-refractivity contribution in [3.05, 3.63) is 71.4 Å². The molecule has 1 aromatic heterocycles. The van der Waals surface area contributed by atoms with Crippen molar-refractivity contribution >= 4 is 16.8 Å². The summed E-state index contributed by atoms with van der Waals surface area (Å²) in [5.74, 6) is 1.97. The van der Waals surface area contributed by atoms with Gasteiger partial charge in [0.05, 0.1) is 12.1 Å². The Morgan fingerprint density at radius 3 is 2.78 bits per heavy atom. The van der Waals surface area contributed by atoms with Gasteiger partial charge >= 0.3 is 0 Å². The van der Waals surface area contributed by atoms with E-state index in [0.717, 1.165) is 47.4 Å². The first kappa shape index (κ1) is 22.3. The van der Waals surface area contributed by atoms with Gasteiger partial charge in [0.15, 0.2) is 0 Å². The first-order valence-corrected chi connectivity index (χ1v) is 11.6. The maximum absolute atomic E-state index is 11.3. The van der Waals surface area contributed by atoms with Crippen molar-refractivity contribution in [2.75, 3.05) is 19.7 Å². The Labute approximate surface area is 190 Å². The van der Waals surface area contributed by atoms with E-state index in [2.05, 4.69) is 45.9 Å². The molecule has 5 heteroatoms. The number of fused-ring (bicyclic) bond motifs is 1. The summed E-state index contributed by atoms with van der Waals surface area (Å²) < 4.78 is 6.30. The summed E-state index contributed by atoms with van der Waals surface area (Å²) in [6, 6.07) is 18.9. The van der Waals surface area contributed by atoms with E-state index in [1.807, 2.05) is 31.2 Å². The number of pyridine rings is 1. The maximum Gasteiger partial charge on any atom is 0.217 e. The lowest BCUT2D eigenvalue weighted by Gasteiger charge is -2.31. The third-order valence-electron chi connectivity index (χ3n) is 6.39. The van der Waals surface area contributed by atoms with Crippen LogP contribution in [0, 0.1) is 12.8 Å². The number of hydrogen-bond acceptors (Lipinski definition) is 4. The van der Waals surface area contributed by atoms with Crippen LogP contribution in [-0.2, 0) is 11.3 Å². The lowest BCUT2D eigenvalue weighted by molar-refractivity contribution is -0.119. The monoisotopic (exact) mass is 431 g/mol. The fraction of sp³-hybridized carbons (Fsp3) is 0.407. The van der Waals surface area contributed by atoms with Crippen LogP contribution in [-0.4, -0.2) is 30.6 Å². The number of amides is 1. The Morgan fingerprint density at radius 2 is 1.97 bits per heavy atom. The van der Waals surface area contributed by atoms with E-state index in [4.69, 9.17) is 4.74 Å². The zero-order valence-electron chi connectivity index (χ0n) is 19.1. The average Bonchev–Trinajstić information content (AvgIpc) is 2.81. The van der Waals surface area contributed by atoms with Crippen molar-refractivity contribution in [1.29, 1.82) is 0 Å².